The van der Waals surface area contributed by atoms with Crippen LogP contribution in [0.15, 0.2) is 53.4 Å². The number of carbonyl (C=O) groups excluding carboxylic acids is 2. The van der Waals surface area contributed by atoms with Gasteiger partial charge in [0.05, 0.1) is 16.3 Å². The molecular weight excluding hydrogens is 344 g/mol. The van der Waals surface area contributed by atoms with E-state index in [2.05, 4.69) is 5.32 Å². The number of fused-ring (bicyclic) bond motifs is 1. The molecule has 1 N–H and O–H groups in total. The third-order valence-electron chi connectivity index (χ3n) is 3.67. The number of rotatable bonds is 4. The Morgan fingerprint density at radius 2 is 1.84 bits per heavy atom. The molecule has 0 radical (unpaired) electrons. The number of amides is 2. The Hall–Kier alpha value is -2.87. The molecule has 0 aromatic heterocycles. The summed E-state index contributed by atoms with van der Waals surface area (Å²) in [5.74, 6) is -0.321. The third kappa shape index (κ3) is 3.63. The average molecular weight is 360 g/mol. The highest BCUT2D eigenvalue weighted by atomic mass is 32.2. The lowest BCUT2D eigenvalue weighted by Gasteiger charge is -2.28. The van der Waals surface area contributed by atoms with Gasteiger partial charge in [-0.2, -0.15) is 0 Å². The number of nitrogens with one attached hydrogen (secondary N) is 1. The van der Waals surface area contributed by atoms with Crippen LogP contribution in [0, 0.1) is 0 Å². The molecule has 1 aliphatic rings. The maximum Gasteiger partial charge on any atom is 0.265 e. The second kappa shape index (κ2) is 6.56. The summed E-state index contributed by atoms with van der Waals surface area (Å²) >= 11 is 0. The molecule has 8 heteroatoms. The Bertz CT molecular complexity index is 940. The largest absolute Gasteiger partial charge is 0.482 e. The van der Waals surface area contributed by atoms with Crippen LogP contribution in [0.4, 0.5) is 11.4 Å². The van der Waals surface area contributed by atoms with Crippen molar-refractivity contribution < 1.29 is 22.7 Å². The van der Waals surface area contributed by atoms with Gasteiger partial charge in [-0.15, -0.1) is 0 Å². The van der Waals surface area contributed by atoms with Gasteiger partial charge in [-0.05, 0) is 24.3 Å². The van der Waals surface area contributed by atoms with Crippen molar-refractivity contribution in [3.8, 4) is 5.75 Å². The molecule has 0 saturated carbocycles. The summed E-state index contributed by atoms with van der Waals surface area (Å²) in [6.07, 6.45) is 1.07. The smallest absolute Gasteiger partial charge is 0.265 e. The Morgan fingerprint density at radius 1 is 1.16 bits per heavy atom. The fraction of sp³-hybridized carbons (Fsp3) is 0.176. The van der Waals surface area contributed by atoms with Gasteiger partial charge < -0.3 is 10.1 Å². The summed E-state index contributed by atoms with van der Waals surface area (Å²) in [4.78, 5) is 25.8. The Morgan fingerprint density at radius 3 is 2.60 bits per heavy atom. The number of ether oxygens (including phenoxy) is 1. The van der Waals surface area contributed by atoms with Crippen LogP contribution in [0.1, 0.15) is 0 Å². The molecule has 130 valence electrons. The predicted octanol–water partition coefficient (Wildman–Crippen LogP) is 1.45. The van der Waals surface area contributed by atoms with Crippen molar-refractivity contribution in [1.82, 2.24) is 0 Å². The van der Waals surface area contributed by atoms with Crippen LogP contribution < -0.4 is 15.0 Å². The maximum absolute atomic E-state index is 12.4. The third-order valence-corrected chi connectivity index (χ3v) is 4.83. The number of anilines is 2. The lowest BCUT2D eigenvalue weighted by molar-refractivity contribution is -0.123. The normalized spacial score (nSPS) is 13.8. The average Bonchev–Trinajstić information content (AvgIpc) is 2.57. The SMILES string of the molecule is CS(=O)(=O)c1ccccc1NC(=O)CN1C(=O)COc2ccccc21. The van der Waals surface area contributed by atoms with Gasteiger partial charge in [-0.3, -0.25) is 14.5 Å². The van der Waals surface area contributed by atoms with E-state index in [1.54, 1.807) is 36.4 Å². The Kier molecular flexibility index (Phi) is 4.45. The van der Waals surface area contributed by atoms with Crippen molar-refractivity contribution in [2.45, 2.75) is 4.90 Å². The van der Waals surface area contributed by atoms with E-state index >= 15 is 0 Å². The molecule has 1 heterocycles. The molecular formula is C17H16N2O5S. The molecule has 3 rings (SSSR count). The van der Waals surface area contributed by atoms with Crippen LogP contribution in [-0.4, -0.2) is 39.6 Å². The van der Waals surface area contributed by atoms with E-state index in [1.807, 2.05) is 0 Å². The number of hydrogen-bond donors (Lipinski definition) is 1. The van der Waals surface area contributed by atoms with E-state index in [9.17, 15) is 18.0 Å². The zero-order valence-electron chi connectivity index (χ0n) is 13.4. The molecule has 0 saturated heterocycles. The highest BCUT2D eigenvalue weighted by Crippen LogP contribution is 2.31. The van der Waals surface area contributed by atoms with Gasteiger partial charge >= 0.3 is 0 Å². The van der Waals surface area contributed by atoms with E-state index in [-0.39, 0.29) is 29.6 Å². The second-order valence-electron chi connectivity index (χ2n) is 5.55. The molecule has 0 aliphatic carbocycles. The first-order valence-electron chi connectivity index (χ1n) is 7.47. The summed E-state index contributed by atoms with van der Waals surface area (Å²) in [6, 6.07) is 13.0. The molecule has 2 aromatic rings. The number of sulfone groups is 1. The van der Waals surface area contributed by atoms with Gasteiger partial charge in [0.15, 0.2) is 16.4 Å². The lowest BCUT2D eigenvalue weighted by Crippen LogP contribution is -2.43. The topological polar surface area (TPSA) is 92.8 Å². The van der Waals surface area contributed by atoms with Crippen LogP contribution >= 0.6 is 0 Å². The van der Waals surface area contributed by atoms with Crippen LogP contribution in [0.2, 0.25) is 0 Å². The van der Waals surface area contributed by atoms with Crippen LogP contribution in [0.5, 0.6) is 5.75 Å². The van der Waals surface area contributed by atoms with E-state index in [0.29, 0.717) is 11.4 Å². The fourth-order valence-corrected chi connectivity index (χ4v) is 3.40. The minimum atomic E-state index is -3.49. The number of benzene rings is 2. The molecule has 7 nitrogen and oxygen atoms in total. The predicted molar refractivity (Wildman–Crippen MR) is 92.5 cm³/mol. The maximum atomic E-state index is 12.4. The highest BCUT2D eigenvalue weighted by molar-refractivity contribution is 7.90. The molecule has 0 bridgehead atoms. The fourth-order valence-electron chi connectivity index (χ4n) is 2.55. The molecule has 2 aromatic carbocycles. The molecule has 0 unspecified atom stereocenters. The van der Waals surface area contributed by atoms with Gasteiger partial charge in [0.25, 0.3) is 5.91 Å². The summed E-state index contributed by atoms with van der Waals surface area (Å²) < 4.78 is 28.9. The monoisotopic (exact) mass is 360 g/mol. The van der Waals surface area contributed by atoms with Crippen LogP contribution in [-0.2, 0) is 19.4 Å². The number of para-hydroxylation sites is 3. The van der Waals surface area contributed by atoms with E-state index in [0.717, 1.165) is 6.26 Å². The van der Waals surface area contributed by atoms with Crippen molar-refractivity contribution in [3.63, 3.8) is 0 Å². The van der Waals surface area contributed by atoms with Crippen molar-refractivity contribution >= 4 is 33.0 Å². The minimum absolute atomic E-state index is 0.0251. The van der Waals surface area contributed by atoms with Crippen LogP contribution in [0.25, 0.3) is 0 Å². The van der Waals surface area contributed by atoms with E-state index < -0.39 is 15.7 Å². The van der Waals surface area contributed by atoms with Gasteiger partial charge in [-0.25, -0.2) is 8.42 Å². The summed E-state index contributed by atoms with van der Waals surface area (Å²) in [7, 11) is -3.49. The number of carbonyl (C=O) groups is 2. The number of hydrogen-bond acceptors (Lipinski definition) is 5. The first-order chi connectivity index (χ1) is 11.9. The Balaban J connectivity index is 1.82. The van der Waals surface area contributed by atoms with E-state index in [4.69, 9.17) is 4.74 Å². The molecule has 0 atom stereocenters. The van der Waals surface area contributed by atoms with Gasteiger partial charge in [0, 0.05) is 6.26 Å². The number of nitrogens with zero attached hydrogens (tertiary/aromatic N) is 1. The van der Waals surface area contributed by atoms with Crippen LogP contribution in [0.3, 0.4) is 0 Å². The zero-order valence-corrected chi connectivity index (χ0v) is 14.2. The van der Waals surface area contributed by atoms with Crippen molar-refractivity contribution in [3.05, 3.63) is 48.5 Å². The van der Waals surface area contributed by atoms with Crippen molar-refractivity contribution in [1.29, 1.82) is 0 Å². The Labute approximate surface area is 145 Å². The van der Waals surface area contributed by atoms with Gasteiger partial charge in [-0.1, -0.05) is 24.3 Å². The highest BCUT2D eigenvalue weighted by Gasteiger charge is 2.27. The minimum Gasteiger partial charge on any atom is -0.482 e. The quantitative estimate of drug-likeness (QED) is 0.891. The first kappa shape index (κ1) is 17.0. The molecule has 1 aliphatic heterocycles. The molecule has 0 spiro atoms. The van der Waals surface area contributed by atoms with Gasteiger partial charge in [0.2, 0.25) is 5.91 Å². The van der Waals surface area contributed by atoms with Gasteiger partial charge in [0.1, 0.15) is 12.3 Å². The standard InChI is InChI=1S/C17H16N2O5S/c1-25(22,23)15-9-5-2-6-12(15)18-16(20)10-19-13-7-3-4-8-14(13)24-11-17(19)21/h2-9H,10-11H2,1H3,(H,18,20). The first-order valence-corrected chi connectivity index (χ1v) is 9.36. The summed E-state index contributed by atoms with van der Waals surface area (Å²) in [6.45, 7) is -0.387. The summed E-state index contributed by atoms with van der Waals surface area (Å²) in [5.41, 5.74) is 0.689. The van der Waals surface area contributed by atoms with E-state index in [1.165, 1.54) is 17.0 Å². The second-order valence-corrected chi connectivity index (χ2v) is 7.54. The van der Waals surface area contributed by atoms with Crippen molar-refractivity contribution in [2.75, 3.05) is 29.6 Å². The molecule has 2 amide bonds. The zero-order chi connectivity index (χ0) is 18.0. The van der Waals surface area contributed by atoms with Crippen molar-refractivity contribution in [2.24, 2.45) is 0 Å². The lowest BCUT2D eigenvalue weighted by atomic mass is 10.2. The molecule has 0 fully saturated rings. The summed E-state index contributed by atoms with van der Waals surface area (Å²) in [5, 5.41) is 2.56. The molecule has 25 heavy (non-hydrogen) atoms.